The number of benzene rings is 1. The zero-order valence-electron chi connectivity index (χ0n) is 6.69. The molecular weight excluding hydrogens is 200 g/mol. The Morgan fingerprint density at radius 1 is 0.923 bits per heavy atom. The predicted molar refractivity (Wildman–Crippen MR) is 55.0 cm³/mol. The summed E-state index contributed by atoms with van der Waals surface area (Å²) in [5.41, 5.74) is 0. The Hall–Kier alpha value is -0.930. The van der Waals surface area contributed by atoms with Gasteiger partial charge in [-0.05, 0) is 12.1 Å². The molecule has 1 aromatic heterocycles. The molecule has 0 radical (unpaired) electrons. The van der Waals surface area contributed by atoms with Crippen LogP contribution in [0.5, 0.6) is 11.5 Å². The summed E-state index contributed by atoms with van der Waals surface area (Å²) in [6, 6.07) is 8.12. The third-order valence-corrected chi connectivity index (χ3v) is 3.85. The first kappa shape index (κ1) is 7.47. The lowest BCUT2D eigenvalue weighted by atomic mass is 10.3. The molecule has 1 aliphatic heterocycles. The average Bonchev–Trinajstić information content (AvgIpc) is 2.61. The van der Waals surface area contributed by atoms with E-state index in [-0.39, 0.29) is 0 Å². The third-order valence-electron chi connectivity index (χ3n) is 1.88. The van der Waals surface area contributed by atoms with Crippen LogP contribution in [0.3, 0.4) is 0 Å². The Kier molecular flexibility index (Phi) is 1.60. The van der Waals surface area contributed by atoms with Gasteiger partial charge in [-0.3, -0.25) is 0 Å². The summed E-state index contributed by atoms with van der Waals surface area (Å²) in [6.07, 6.45) is 0. The molecule has 0 spiro atoms. The van der Waals surface area contributed by atoms with Crippen LogP contribution in [0, 0.1) is 0 Å². The summed E-state index contributed by atoms with van der Waals surface area (Å²) < 4.78 is 5.71. The van der Waals surface area contributed by atoms with Gasteiger partial charge in [0.05, 0.1) is 9.79 Å². The number of fused-ring (bicyclic) bond motifs is 2. The lowest BCUT2D eigenvalue weighted by molar-refractivity contribution is 0.457. The van der Waals surface area contributed by atoms with Crippen LogP contribution in [-0.4, -0.2) is 0 Å². The van der Waals surface area contributed by atoms with Crippen molar-refractivity contribution in [3.8, 4) is 11.5 Å². The summed E-state index contributed by atoms with van der Waals surface area (Å²) in [5.74, 6) is 1.96. The van der Waals surface area contributed by atoms with Gasteiger partial charge < -0.3 is 4.74 Å². The fourth-order valence-corrected chi connectivity index (χ4v) is 3.11. The van der Waals surface area contributed by atoms with E-state index in [2.05, 4.69) is 11.4 Å². The molecule has 0 saturated heterocycles. The van der Waals surface area contributed by atoms with Crippen molar-refractivity contribution in [2.45, 2.75) is 9.79 Å². The number of thiophene rings is 1. The van der Waals surface area contributed by atoms with Gasteiger partial charge in [0.15, 0.2) is 5.75 Å². The molecule has 3 heteroatoms. The summed E-state index contributed by atoms with van der Waals surface area (Å²) in [4.78, 5) is 2.43. The number of hydrogen-bond donors (Lipinski definition) is 0. The number of ether oxygens (including phenoxy) is 1. The normalized spacial score (nSPS) is 12.9. The van der Waals surface area contributed by atoms with Crippen molar-refractivity contribution in [3.63, 3.8) is 0 Å². The lowest BCUT2D eigenvalue weighted by Crippen LogP contribution is -1.90. The van der Waals surface area contributed by atoms with Gasteiger partial charge in [-0.2, -0.15) is 0 Å². The van der Waals surface area contributed by atoms with Crippen molar-refractivity contribution in [2.24, 2.45) is 0 Å². The highest BCUT2D eigenvalue weighted by Gasteiger charge is 2.17. The maximum Gasteiger partial charge on any atom is 0.152 e. The smallest absolute Gasteiger partial charge is 0.152 e. The maximum absolute atomic E-state index is 5.71. The molecule has 1 aromatic carbocycles. The summed E-state index contributed by atoms with van der Waals surface area (Å²) >= 11 is 3.45. The minimum absolute atomic E-state index is 0.971. The van der Waals surface area contributed by atoms with Crippen molar-refractivity contribution >= 4 is 23.1 Å². The van der Waals surface area contributed by atoms with Gasteiger partial charge in [-0.15, -0.1) is 11.3 Å². The Labute approximate surface area is 84.4 Å². The van der Waals surface area contributed by atoms with Gasteiger partial charge in [-0.25, -0.2) is 0 Å². The first-order valence-electron chi connectivity index (χ1n) is 3.94. The Bertz CT molecular complexity index is 408. The summed E-state index contributed by atoms with van der Waals surface area (Å²) in [7, 11) is 0. The maximum atomic E-state index is 5.71. The molecule has 2 heterocycles. The van der Waals surface area contributed by atoms with E-state index in [1.165, 1.54) is 9.79 Å². The standard InChI is InChI=1S/C10H6OS2/c1-2-4-9-7(3-1)11-8-5-12-6-10(8)13-9/h1-6H. The molecule has 0 bridgehead atoms. The fraction of sp³-hybridized carbons (Fsp3) is 0. The molecule has 0 N–H and O–H groups in total. The minimum Gasteiger partial charge on any atom is -0.454 e. The molecule has 1 aliphatic rings. The summed E-state index contributed by atoms with van der Waals surface area (Å²) in [6.45, 7) is 0. The van der Waals surface area contributed by atoms with E-state index >= 15 is 0 Å². The van der Waals surface area contributed by atoms with E-state index in [1.54, 1.807) is 23.1 Å². The quantitative estimate of drug-likeness (QED) is 0.549. The molecule has 0 atom stereocenters. The van der Waals surface area contributed by atoms with Crippen molar-refractivity contribution < 1.29 is 4.74 Å². The van der Waals surface area contributed by atoms with E-state index in [1.807, 2.05) is 23.6 Å². The molecule has 0 aliphatic carbocycles. The van der Waals surface area contributed by atoms with Crippen molar-refractivity contribution in [3.05, 3.63) is 35.0 Å². The summed E-state index contributed by atoms with van der Waals surface area (Å²) in [5, 5.41) is 4.16. The van der Waals surface area contributed by atoms with Crippen molar-refractivity contribution in [1.29, 1.82) is 0 Å². The minimum atomic E-state index is 0.971. The van der Waals surface area contributed by atoms with Crippen LogP contribution in [0.1, 0.15) is 0 Å². The van der Waals surface area contributed by atoms with Gasteiger partial charge in [0.2, 0.25) is 0 Å². The molecule has 0 unspecified atom stereocenters. The van der Waals surface area contributed by atoms with Gasteiger partial charge in [0, 0.05) is 10.8 Å². The molecule has 0 amide bonds. The Morgan fingerprint density at radius 2 is 1.85 bits per heavy atom. The van der Waals surface area contributed by atoms with Crippen LogP contribution in [0.4, 0.5) is 0 Å². The molecule has 13 heavy (non-hydrogen) atoms. The second kappa shape index (κ2) is 2.79. The highest BCUT2D eigenvalue weighted by Crippen LogP contribution is 2.48. The fourth-order valence-electron chi connectivity index (χ4n) is 1.28. The molecule has 3 rings (SSSR count). The van der Waals surface area contributed by atoms with Gasteiger partial charge in [0.1, 0.15) is 5.75 Å². The number of para-hydroxylation sites is 1. The van der Waals surface area contributed by atoms with Crippen molar-refractivity contribution in [1.82, 2.24) is 0 Å². The lowest BCUT2D eigenvalue weighted by Gasteiger charge is -2.15. The first-order chi connectivity index (χ1) is 6.43. The van der Waals surface area contributed by atoms with Crippen LogP contribution in [0.15, 0.2) is 44.8 Å². The van der Waals surface area contributed by atoms with E-state index in [4.69, 9.17) is 4.74 Å². The highest BCUT2D eigenvalue weighted by atomic mass is 32.2. The highest BCUT2D eigenvalue weighted by molar-refractivity contribution is 7.99. The molecular formula is C10H6OS2. The topological polar surface area (TPSA) is 9.23 Å². The zero-order chi connectivity index (χ0) is 8.67. The SMILES string of the molecule is c1ccc2c(c1)Oc1cscc1S2. The van der Waals surface area contributed by atoms with E-state index in [0.717, 1.165) is 11.5 Å². The van der Waals surface area contributed by atoms with Crippen LogP contribution >= 0.6 is 23.1 Å². The molecule has 0 saturated carbocycles. The van der Waals surface area contributed by atoms with Crippen LogP contribution in [0.25, 0.3) is 0 Å². The average molecular weight is 206 g/mol. The second-order valence-corrected chi connectivity index (χ2v) is 4.58. The Morgan fingerprint density at radius 3 is 2.85 bits per heavy atom. The first-order valence-corrected chi connectivity index (χ1v) is 5.70. The molecule has 64 valence electrons. The largest absolute Gasteiger partial charge is 0.454 e. The van der Waals surface area contributed by atoms with E-state index in [0.29, 0.717) is 0 Å². The molecule has 0 fully saturated rings. The molecule has 1 nitrogen and oxygen atoms in total. The Balaban J connectivity index is 2.14. The third kappa shape index (κ3) is 1.16. The van der Waals surface area contributed by atoms with Crippen LogP contribution < -0.4 is 4.74 Å². The predicted octanol–water partition coefficient (Wildman–Crippen LogP) is 4.01. The van der Waals surface area contributed by atoms with Gasteiger partial charge in [0.25, 0.3) is 0 Å². The number of hydrogen-bond acceptors (Lipinski definition) is 3. The van der Waals surface area contributed by atoms with Crippen molar-refractivity contribution in [2.75, 3.05) is 0 Å². The second-order valence-electron chi connectivity index (χ2n) is 2.75. The molecule has 2 aromatic rings. The van der Waals surface area contributed by atoms with Crippen LogP contribution in [0.2, 0.25) is 0 Å². The van der Waals surface area contributed by atoms with E-state index < -0.39 is 0 Å². The van der Waals surface area contributed by atoms with Gasteiger partial charge in [-0.1, -0.05) is 23.9 Å². The van der Waals surface area contributed by atoms with Gasteiger partial charge >= 0.3 is 0 Å². The monoisotopic (exact) mass is 206 g/mol. The van der Waals surface area contributed by atoms with E-state index in [9.17, 15) is 0 Å². The number of rotatable bonds is 0. The van der Waals surface area contributed by atoms with Crippen LogP contribution in [-0.2, 0) is 0 Å². The zero-order valence-corrected chi connectivity index (χ0v) is 8.32.